The molecule has 0 aromatic carbocycles. The van der Waals surface area contributed by atoms with Crippen molar-refractivity contribution in [2.24, 2.45) is 0 Å². The van der Waals surface area contributed by atoms with Gasteiger partial charge in [-0.1, -0.05) is 11.6 Å². The highest BCUT2D eigenvalue weighted by molar-refractivity contribution is 8.00. The second kappa shape index (κ2) is 6.15. The van der Waals surface area contributed by atoms with E-state index in [0.717, 1.165) is 25.1 Å². The summed E-state index contributed by atoms with van der Waals surface area (Å²) in [6.07, 6.45) is 2.77. The molecule has 0 saturated heterocycles. The maximum atomic E-state index is 11.8. The van der Waals surface area contributed by atoms with Gasteiger partial charge in [0.05, 0.1) is 5.75 Å². The van der Waals surface area contributed by atoms with E-state index in [0.29, 0.717) is 6.54 Å². The van der Waals surface area contributed by atoms with Crippen molar-refractivity contribution in [3.63, 3.8) is 0 Å². The summed E-state index contributed by atoms with van der Waals surface area (Å²) in [5.74, 6) is -1.16. The lowest BCUT2D eigenvalue weighted by molar-refractivity contribution is -0.118. The fraction of sp³-hybridized carbons (Fsp3) is 0.667. The third kappa shape index (κ3) is 6.02. The Labute approximate surface area is 95.8 Å². The van der Waals surface area contributed by atoms with Crippen LogP contribution in [-0.4, -0.2) is 36.8 Å². The molecule has 1 heterocycles. The summed E-state index contributed by atoms with van der Waals surface area (Å²) < 4.78 is 35.3. The van der Waals surface area contributed by atoms with Crippen LogP contribution in [0.25, 0.3) is 0 Å². The molecule has 1 aliphatic rings. The number of thioether (sulfide) groups is 1. The summed E-state index contributed by atoms with van der Waals surface area (Å²) in [5, 5.41) is 5.57. The molecule has 7 heteroatoms. The van der Waals surface area contributed by atoms with Gasteiger partial charge < -0.3 is 10.6 Å². The average molecular weight is 254 g/mol. The van der Waals surface area contributed by atoms with E-state index >= 15 is 0 Å². The largest absolute Gasteiger partial charge is 0.442 e. The van der Waals surface area contributed by atoms with E-state index in [9.17, 15) is 18.0 Å². The van der Waals surface area contributed by atoms with Crippen LogP contribution in [0.15, 0.2) is 11.6 Å². The van der Waals surface area contributed by atoms with Gasteiger partial charge in [-0.3, -0.25) is 4.79 Å². The highest BCUT2D eigenvalue weighted by Gasteiger charge is 2.29. The van der Waals surface area contributed by atoms with Crippen LogP contribution in [0.1, 0.15) is 6.42 Å². The Bertz CT molecular complexity index is 278. The third-order valence-corrected chi connectivity index (χ3v) is 2.77. The summed E-state index contributed by atoms with van der Waals surface area (Å²) in [4.78, 5) is 11.1. The van der Waals surface area contributed by atoms with Gasteiger partial charge in [0.2, 0.25) is 5.91 Å². The Morgan fingerprint density at radius 1 is 1.56 bits per heavy atom. The van der Waals surface area contributed by atoms with Gasteiger partial charge >= 0.3 is 5.51 Å². The predicted molar refractivity (Wildman–Crippen MR) is 57.1 cm³/mol. The highest BCUT2D eigenvalue weighted by Crippen LogP contribution is 2.29. The van der Waals surface area contributed by atoms with Crippen LogP contribution in [0.4, 0.5) is 13.2 Å². The molecule has 0 aliphatic carbocycles. The fourth-order valence-corrected chi connectivity index (χ4v) is 1.64. The molecule has 0 atom stereocenters. The zero-order valence-electron chi connectivity index (χ0n) is 8.56. The van der Waals surface area contributed by atoms with E-state index in [1.807, 2.05) is 6.08 Å². The molecule has 0 radical (unpaired) electrons. The summed E-state index contributed by atoms with van der Waals surface area (Å²) >= 11 is -0.316. The number of carbonyl (C=O) groups excluding carboxylic acids is 1. The molecule has 2 N–H and O–H groups in total. The lowest BCUT2D eigenvalue weighted by Gasteiger charge is -2.14. The zero-order chi connectivity index (χ0) is 12.0. The number of carbonyl (C=O) groups is 1. The molecule has 3 nitrogen and oxygen atoms in total. The Morgan fingerprint density at radius 2 is 2.31 bits per heavy atom. The zero-order valence-corrected chi connectivity index (χ0v) is 9.38. The van der Waals surface area contributed by atoms with E-state index in [1.165, 1.54) is 0 Å². The quantitative estimate of drug-likeness (QED) is 0.742. The van der Waals surface area contributed by atoms with E-state index in [4.69, 9.17) is 0 Å². The number of hydrogen-bond acceptors (Lipinski definition) is 3. The Hall–Kier alpha value is -0.690. The van der Waals surface area contributed by atoms with Gasteiger partial charge in [-0.25, -0.2) is 0 Å². The monoisotopic (exact) mass is 254 g/mol. The highest BCUT2D eigenvalue weighted by atomic mass is 32.2. The lowest BCUT2D eigenvalue weighted by atomic mass is 10.1. The van der Waals surface area contributed by atoms with E-state index in [2.05, 4.69) is 10.6 Å². The van der Waals surface area contributed by atoms with E-state index in [1.54, 1.807) is 0 Å². The minimum atomic E-state index is -4.34. The summed E-state index contributed by atoms with van der Waals surface area (Å²) in [6.45, 7) is 1.94. The number of alkyl halides is 3. The van der Waals surface area contributed by atoms with Crippen LogP contribution in [0, 0.1) is 0 Å². The Morgan fingerprint density at radius 3 is 2.88 bits per heavy atom. The van der Waals surface area contributed by atoms with Crippen molar-refractivity contribution in [2.45, 2.75) is 11.9 Å². The van der Waals surface area contributed by atoms with Gasteiger partial charge in [0, 0.05) is 13.1 Å². The number of nitrogens with one attached hydrogen (secondary N) is 2. The van der Waals surface area contributed by atoms with Crippen molar-refractivity contribution in [3.8, 4) is 0 Å². The number of rotatable bonds is 4. The molecule has 1 amide bonds. The van der Waals surface area contributed by atoms with E-state index < -0.39 is 17.2 Å². The normalized spacial score (nSPS) is 16.8. The number of hydrogen-bond donors (Lipinski definition) is 2. The molecule has 92 valence electrons. The standard InChI is InChI=1S/C9H13F3N2OS/c10-9(11,12)16-6-8(15)14-5-7-1-3-13-4-2-7/h1,13H,2-6H2,(H,14,15). The second-order valence-electron chi connectivity index (χ2n) is 3.33. The fourth-order valence-electron chi connectivity index (χ4n) is 1.24. The van der Waals surface area contributed by atoms with Crippen molar-refractivity contribution in [1.82, 2.24) is 10.6 Å². The lowest BCUT2D eigenvalue weighted by Crippen LogP contribution is -2.31. The maximum absolute atomic E-state index is 11.8. The summed E-state index contributed by atoms with van der Waals surface area (Å²) in [6, 6.07) is 0. The van der Waals surface area contributed by atoms with Gasteiger partial charge in [0.15, 0.2) is 0 Å². The van der Waals surface area contributed by atoms with E-state index in [-0.39, 0.29) is 11.8 Å². The molecule has 0 bridgehead atoms. The molecular weight excluding hydrogens is 241 g/mol. The van der Waals surface area contributed by atoms with Crippen LogP contribution in [0.3, 0.4) is 0 Å². The second-order valence-corrected chi connectivity index (χ2v) is 4.37. The predicted octanol–water partition coefficient (Wildman–Crippen LogP) is 1.28. The first-order valence-corrected chi connectivity index (χ1v) is 5.82. The van der Waals surface area contributed by atoms with Crippen molar-refractivity contribution in [3.05, 3.63) is 11.6 Å². The van der Waals surface area contributed by atoms with Gasteiger partial charge in [0.1, 0.15) is 0 Å². The van der Waals surface area contributed by atoms with Gasteiger partial charge in [-0.15, -0.1) is 0 Å². The Balaban J connectivity index is 2.17. The smallest absolute Gasteiger partial charge is 0.352 e. The minimum Gasteiger partial charge on any atom is -0.352 e. The van der Waals surface area contributed by atoms with Gasteiger partial charge in [0.25, 0.3) is 0 Å². The van der Waals surface area contributed by atoms with Gasteiger partial charge in [-0.05, 0) is 24.7 Å². The van der Waals surface area contributed by atoms with Crippen LogP contribution in [0.5, 0.6) is 0 Å². The molecule has 0 saturated carbocycles. The van der Waals surface area contributed by atoms with Crippen molar-refractivity contribution >= 4 is 17.7 Å². The first-order chi connectivity index (χ1) is 7.47. The molecule has 16 heavy (non-hydrogen) atoms. The summed E-state index contributed by atoms with van der Waals surface area (Å²) in [7, 11) is 0. The van der Waals surface area contributed by atoms with Crippen LogP contribution in [-0.2, 0) is 4.79 Å². The molecule has 1 rings (SSSR count). The number of halogens is 3. The molecular formula is C9H13F3N2OS. The minimum absolute atomic E-state index is 0.316. The van der Waals surface area contributed by atoms with Crippen LogP contribution in [0.2, 0.25) is 0 Å². The SMILES string of the molecule is O=C(CSC(F)(F)F)NCC1=CCNCC1. The molecule has 1 aliphatic heterocycles. The molecule has 0 aromatic rings. The van der Waals surface area contributed by atoms with Crippen LogP contribution < -0.4 is 10.6 Å². The Kier molecular flexibility index (Phi) is 5.14. The maximum Gasteiger partial charge on any atom is 0.442 e. The van der Waals surface area contributed by atoms with Gasteiger partial charge in [-0.2, -0.15) is 13.2 Å². The molecule has 0 fully saturated rings. The number of amides is 1. The summed E-state index contributed by atoms with van der Waals surface area (Å²) in [5.41, 5.74) is -3.28. The molecule has 0 spiro atoms. The average Bonchev–Trinajstić information content (AvgIpc) is 2.24. The third-order valence-electron chi connectivity index (χ3n) is 2.04. The molecule has 0 aromatic heterocycles. The van der Waals surface area contributed by atoms with Crippen molar-refractivity contribution in [2.75, 3.05) is 25.4 Å². The topological polar surface area (TPSA) is 41.1 Å². The molecule has 0 unspecified atom stereocenters. The first kappa shape index (κ1) is 13.4. The van der Waals surface area contributed by atoms with Crippen molar-refractivity contribution < 1.29 is 18.0 Å². The van der Waals surface area contributed by atoms with Crippen LogP contribution >= 0.6 is 11.8 Å². The first-order valence-electron chi connectivity index (χ1n) is 4.83. The van der Waals surface area contributed by atoms with Crippen molar-refractivity contribution in [1.29, 1.82) is 0 Å².